The molecule has 31 heavy (non-hydrogen) atoms. The SMILES string of the molecule is Cc1ccc(S(=O)(=O)NCCC(=O)NCc2ccc(N3CCCCCC3)nc2)c(C)c1. The molecule has 0 bridgehead atoms. The molecule has 0 aliphatic carbocycles. The number of amides is 1. The Morgan fingerprint density at radius 1 is 1.06 bits per heavy atom. The van der Waals surface area contributed by atoms with Gasteiger partial charge >= 0.3 is 0 Å². The van der Waals surface area contributed by atoms with Crippen LogP contribution in [0, 0.1) is 13.8 Å². The van der Waals surface area contributed by atoms with Gasteiger partial charge in [-0.05, 0) is 49.9 Å². The van der Waals surface area contributed by atoms with Gasteiger partial charge in [-0.2, -0.15) is 0 Å². The fraction of sp³-hybridized carbons (Fsp3) is 0.478. The minimum atomic E-state index is -3.63. The number of pyridine rings is 1. The Morgan fingerprint density at radius 2 is 1.81 bits per heavy atom. The summed E-state index contributed by atoms with van der Waals surface area (Å²) in [4.78, 5) is 19.2. The summed E-state index contributed by atoms with van der Waals surface area (Å²) in [6, 6.07) is 9.17. The van der Waals surface area contributed by atoms with E-state index >= 15 is 0 Å². The van der Waals surface area contributed by atoms with Crippen molar-refractivity contribution in [3.05, 3.63) is 53.2 Å². The van der Waals surface area contributed by atoms with Crippen molar-refractivity contribution < 1.29 is 13.2 Å². The summed E-state index contributed by atoms with van der Waals surface area (Å²) >= 11 is 0. The fourth-order valence-electron chi connectivity index (χ4n) is 3.77. The monoisotopic (exact) mass is 444 g/mol. The quantitative estimate of drug-likeness (QED) is 0.653. The van der Waals surface area contributed by atoms with Gasteiger partial charge in [0.2, 0.25) is 15.9 Å². The minimum Gasteiger partial charge on any atom is -0.357 e. The van der Waals surface area contributed by atoms with Crippen LogP contribution in [0.2, 0.25) is 0 Å². The van der Waals surface area contributed by atoms with Crippen molar-refractivity contribution in [3.8, 4) is 0 Å². The number of hydrogen-bond acceptors (Lipinski definition) is 5. The number of carbonyl (C=O) groups excluding carboxylic acids is 1. The van der Waals surface area contributed by atoms with Gasteiger partial charge in [-0.25, -0.2) is 18.1 Å². The van der Waals surface area contributed by atoms with E-state index in [0.29, 0.717) is 12.1 Å². The number of nitrogens with one attached hydrogen (secondary N) is 2. The first kappa shape index (κ1) is 23.2. The highest BCUT2D eigenvalue weighted by molar-refractivity contribution is 7.89. The van der Waals surface area contributed by atoms with E-state index in [1.54, 1.807) is 25.3 Å². The molecule has 0 saturated carbocycles. The molecule has 0 radical (unpaired) electrons. The van der Waals surface area contributed by atoms with Crippen LogP contribution >= 0.6 is 0 Å². The first-order chi connectivity index (χ1) is 14.8. The Labute approximate surface area is 185 Å². The highest BCUT2D eigenvalue weighted by atomic mass is 32.2. The molecular formula is C23H32N4O3S. The Balaban J connectivity index is 1.43. The van der Waals surface area contributed by atoms with Crippen LogP contribution in [0.3, 0.4) is 0 Å². The lowest BCUT2D eigenvalue weighted by Gasteiger charge is -2.21. The maximum atomic E-state index is 12.5. The topological polar surface area (TPSA) is 91.4 Å². The smallest absolute Gasteiger partial charge is 0.240 e. The molecule has 1 aromatic carbocycles. The molecule has 1 amide bonds. The summed E-state index contributed by atoms with van der Waals surface area (Å²) in [6.07, 6.45) is 6.83. The number of rotatable bonds is 8. The molecular weight excluding hydrogens is 412 g/mol. The molecule has 168 valence electrons. The van der Waals surface area contributed by atoms with Crippen LogP contribution in [0.1, 0.15) is 48.8 Å². The summed E-state index contributed by atoms with van der Waals surface area (Å²) in [5.41, 5.74) is 2.61. The Hall–Kier alpha value is -2.45. The van der Waals surface area contributed by atoms with Gasteiger partial charge in [0, 0.05) is 38.8 Å². The number of benzene rings is 1. The average molecular weight is 445 g/mol. The number of carbonyl (C=O) groups is 1. The summed E-state index contributed by atoms with van der Waals surface area (Å²) in [6.45, 7) is 6.19. The van der Waals surface area contributed by atoms with E-state index in [1.165, 1.54) is 25.7 Å². The molecule has 0 spiro atoms. The molecule has 1 aromatic heterocycles. The number of anilines is 1. The van der Waals surface area contributed by atoms with Gasteiger partial charge in [0.1, 0.15) is 5.82 Å². The minimum absolute atomic E-state index is 0.0492. The maximum Gasteiger partial charge on any atom is 0.240 e. The summed E-state index contributed by atoms with van der Waals surface area (Å²) in [5, 5.41) is 2.83. The molecule has 0 unspecified atom stereocenters. The maximum absolute atomic E-state index is 12.5. The van der Waals surface area contributed by atoms with Gasteiger partial charge in [-0.1, -0.05) is 36.6 Å². The lowest BCUT2D eigenvalue weighted by Crippen LogP contribution is -2.31. The number of nitrogens with zero attached hydrogens (tertiary/aromatic N) is 2. The van der Waals surface area contributed by atoms with E-state index in [1.807, 2.05) is 25.1 Å². The first-order valence-corrected chi connectivity index (χ1v) is 12.4. The van der Waals surface area contributed by atoms with Crippen LogP contribution in [-0.4, -0.2) is 38.9 Å². The molecule has 1 fully saturated rings. The van der Waals surface area contributed by atoms with Crippen molar-refractivity contribution in [3.63, 3.8) is 0 Å². The van der Waals surface area contributed by atoms with Crippen LogP contribution < -0.4 is 14.9 Å². The van der Waals surface area contributed by atoms with Crippen LogP contribution in [0.5, 0.6) is 0 Å². The van der Waals surface area contributed by atoms with E-state index in [4.69, 9.17) is 0 Å². The fourth-order valence-corrected chi connectivity index (χ4v) is 5.03. The van der Waals surface area contributed by atoms with Crippen molar-refractivity contribution in [1.29, 1.82) is 0 Å². The van der Waals surface area contributed by atoms with Crippen molar-refractivity contribution in [2.24, 2.45) is 0 Å². The number of sulfonamides is 1. The number of aryl methyl sites for hydroxylation is 2. The second kappa shape index (κ2) is 10.7. The van der Waals surface area contributed by atoms with Crippen molar-refractivity contribution in [1.82, 2.24) is 15.0 Å². The zero-order valence-electron chi connectivity index (χ0n) is 18.4. The molecule has 2 heterocycles. The third-order valence-electron chi connectivity index (χ3n) is 5.49. The van der Waals surface area contributed by atoms with Gasteiger partial charge in [-0.15, -0.1) is 0 Å². The molecule has 1 aliphatic rings. The largest absolute Gasteiger partial charge is 0.357 e. The first-order valence-electron chi connectivity index (χ1n) is 10.9. The zero-order valence-corrected chi connectivity index (χ0v) is 19.2. The Kier molecular flexibility index (Phi) is 8.03. The lowest BCUT2D eigenvalue weighted by molar-refractivity contribution is -0.121. The van der Waals surface area contributed by atoms with Crippen molar-refractivity contribution in [2.75, 3.05) is 24.5 Å². The second-order valence-electron chi connectivity index (χ2n) is 8.12. The van der Waals surface area contributed by atoms with Gasteiger partial charge < -0.3 is 10.2 Å². The summed E-state index contributed by atoms with van der Waals surface area (Å²) in [5.74, 6) is 0.776. The Morgan fingerprint density at radius 3 is 2.45 bits per heavy atom. The predicted octanol–water partition coefficient (Wildman–Crippen LogP) is 3.06. The Bertz CT molecular complexity index is 982. The molecule has 8 heteroatoms. The summed E-state index contributed by atoms with van der Waals surface area (Å²) < 4.78 is 27.4. The van der Waals surface area contributed by atoms with Gasteiger partial charge in [0.15, 0.2) is 0 Å². The average Bonchev–Trinajstić information content (AvgIpc) is 3.02. The predicted molar refractivity (Wildman–Crippen MR) is 122 cm³/mol. The molecule has 3 rings (SSSR count). The molecule has 1 saturated heterocycles. The van der Waals surface area contributed by atoms with E-state index in [2.05, 4.69) is 19.9 Å². The standard InChI is InChI=1S/C23H32N4O3S/c1-18-7-9-21(19(2)15-18)31(29,30)26-12-11-23(28)25-17-20-8-10-22(24-16-20)27-13-5-3-4-6-14-27/h7-10,15-16,26H,3-6,11-14,17H2,1-2H3,(H,25,28). The van der Waals surface area contributed by atoms with Gasteiger partial charge in [0.25, 0.3) is 0 Å². The van der Waals surface area contributed by atoms with Gasteiger partial charge in [-0.3, -0.25) is 4.79 Å². The third-order valence-corrected chi connectivity index (χ3v) is 7.11. The second-order valence-corrected chi connectivity index (χ2v) is 9.85. The molecule has 0 atom stereocenters. The third kappa shape index (κ3) is 6.77. The molecule has 2 aromatic rings. The number of aromatic nitrogens is 1. The van der Waals surface area contributed by atoms with Crippen LogP contribution in [-0.2, 0) is 21.4 Å². The van der Waals surface area contributed by atoms with Crippen LogP contribution in [0.15, 0.2) is 41.4 Å². The lowest BCUT2D eigenvalue weighted by atomic mass is 10.2. The van der Waals surface area contributed by atoms with E-state index in [9.17, 15) is 13.2 Å². The zero-order chi connectivity index (χ0) is 22.3. The van der Waals surface area contributed by atoms with E-state index < -0.39 is 10.0 Å². The van der Waals surface area contributed by atoms with Crippen molar-refractivity contribution >= 4 is 21.7 Å². The molecule has 7 nitrogen and oxygen atoms in total. The highest BCUT2D eigenvalue weighted by Crippen LogP contribution is 2.18. The van der Waals surface area contributed by atoms with Gasteiger partial charge in [0.05, 0.1) is 4.90 Å². The van der Waals surface area contributed by atoms with E-state index in [0.717, 1.165) is 30.0 Å². The molecule has 1 aliphatic heterocycles. The summed E-state index contributed by atoms with van der Waals surface area (Å²) in [7, 11) is -3.63. The van der Waals surface area contributed by atoms with Crippen LogP contribution in [0.25, 0.3) is 0 Å². The van der Waals surface area contributed by atoms with Crippen LogP contribution in [0.4, 0.5) is 5.82 Å². The number of hydrogen-bond donors (Lipinski definition) is 2. The van der Waals surface area contributed by atoms with E-state index in [-0.39, 0.29) is 23.8 Å². The normalized spacial score (nSPS) is 14.8. The molecule has 2 N–H and O–H groups in total. The van der Waals surface area contributed by atoms with Crippen molar-refractivity contribution in [2.45, 2.75) is 57.4 Å². The highest BCUT2D eigenvalue weighted by Gasteiger charge is 2.17.